The van der Waals surface area contributed by atoms with Crippen LogP contribution in [0.2, 0.25) is 0 Å². The lowest BCUT2D eigenvalue weighted by atomic mass is 10.2. The number of hydrogen-bond donors (Lipinski definition) is 0. The fourth-order valence-corrected chi connectivity index (χ4v) is 4.01. The van der Waals surface area contributed by atoms with Crippen LogP contribution in [-0.4, -0.2) is 60.0 Å². The highest BCUT2D eigenvalue weighted by Crippen LogP contribution is 2.27. The SMILES string of the molecule is CC(=O)N1CCN(c2cc(N3CCCCCC3)nc(-c3ccccc3)n2)CC1. The van der Waals surface area contributed by atoms with E-state index in [-0.39, 0.29) is 5.91 Å². The predicted molar refractivity (Wildman–Crippen MR) is 113 cm³/mol. The summed E-state index contributed by atoms with van der Waals surface area (Å²) in [6, 6.07) is 12.4. The minimum absolute atomic E-state index is 0.151. The number of hydrogen-bond acceptors (Lipinski definition) is 5. The van der Waals surface area contributed by atoms with E-state index in [0.29, 0.717) is 0 Å². The van der Waals surface area contributed by atoms with Gasteiger partial charge in [0.25, 0.3) is 0 Å². The summed E-state index contributed by atoms with van der Waals surface area (Å²) in [7, 11) is 0. The normalized spacial score (nSPS) is 18.1. The molecule has 3 heterocycles. The van der Waals surface area contributed by atoms with Crippen molar-refractivity contribution in [2.24, 2.45) is 0 Å². The highest BCUT2D eigenvalue weighted by atomic mass is 16.2. The van der Waals surface area contributed by atoms with Crippen LogP contribution in [0.1, 0.15) is 32.6 Å². The molecule has 2 aliphatic heterocycles. The summed E-state index contributed by atoms with van der Waals surface area (Å²) in [5.41, 5.74) is 1.04. The number of amides is 1. The lowest BCUT2D eigenvalue weighted by molar-refractivity contribution is -0.129. The van der Waals surface area contributed by atoms with E-state index in [1.807, 2.05) is 23.1 Å². The highest BCUT2D eigenvalue weighted by molar-refractivity contribution is 5.73. The van der Waals surface area contributed by atoms with Crippen molar-refractivity contribution >= 4 is 17.5 Å². The Balaban J connectivity index is 1.65. The maximum atomic E-state index is 11.6. The first-order valence-electron chi connectivity index (χ1n) is 10.4. The number of aromatic nitrogens is 2. The Morgan fingerprint density at radius 1 is 0.786 bits per heavy atom. The zero-order chi connectivity index (χ0) is 19.3. The molecular weight excluding hydrogens is 350 g/mol. The summed E-state index contributed by atoms with van der Waals surface area (Å²) >= 11 is 0. The Morgan fingerprint density at radius 2 is 1.36 bits per heavy atom. The smallest absolute Gasteiger partial charge is 0.219 e. The topological polar surface area (TPSA) is 52.6 Å². The van der Waals surface area contributed by atoms with Crippen LogP contribution in [0.4, 0.5) is 11.6 Å². The van der Waals surface area contributed by atoms with Crippen molar-refractivity contribution in [3.05, 3.63) is 36.4 Å². The number of rotatable bonds is 3. The Hall–Kier alpha value is -2.63. The molecule has 2 aromatic rings. The zero-order valence-electron chi connectivity index (χ0n) is 16.7. The predicted octanol–water partition coefficient (Wildman–Crippen LogP) is 3.19. The zero-order valence-corrected chi connectivity index (χ0v) is 16.7. The van der Waals surface area contributed by atoms with E-state index in [1.165, 1.54) is 25.7 Å². The number of nitrogens with zero attached hydrogens (tertiary/aromatic N) is 5. The molecule has 2 fully saturated rings. The van der Waals surface area contributed by atoms with Gasteiger partial charge in [0.1, 0.15) is 11.6 Å². The Labute approximate surface area is 167 Å². The van der Waals surface area contributed by atoms with Gasteiger partial charge in [-0.2, -0.15) is 0 Å². The second-order valence-corrected chi connectivity index (χ2v) is 7.67. The molecule has 0 N–H and O–H groups in total. The summed E-state index contributed by atoms with van der Waals surface area (Å²) in [6.45, 7) is 6.88. The number of anilines is 2. The lowest BCUT2D eigenvalue weighted by Gasteiger charge is -2.35. The van der Waals surface area contributed by atoms with Gasteiger partial charge in [-0.15, -0.1) is 0 Å². The molecule has 2 aliphatic rings. The van der Waals surface area contributed by atoms with E-state index >= 15 is 0 Å². The molecule has 0 radical (unpaired) electrons. The first-order valence-corrected chi connectivity index (χ1v) is 10.4. The molecule has 28 heavy (non-hydrogen) atoms. The molecular formula is C22H29N5O. The average molecular weight is 380 g/mol. The highest BCUT2D eigenvalue weighted by Gasteiger charge is 2.22. The third-order valence-corrected chi connectivity index (χ3v) is 5.71. The monoisotopic (exact) mass is 379 g/mol. The van der Waals surface area contributed by atoms with Crippen LogP contribution < -0.4 is 9.80 Å². The van der Waals surface area contributed by atoms with E-state index in [2.05, 4.69) is 28.0 Å². The van der Waals surface area contributed by atoms with Crippen molar-refractivity contribution in [3.63, 3.8) is 0 Å². The van der Waals surface area contributed by atoms with Gasteiger partial charge >= 0.3 is 0 Å². The summed E-state index contributed by atoms with van der Waals surface area (Å²) in [5.74, 6) is 2.93. The third-order valence-electron chi connectivity index (χ3n) is 5.71. The molecule has 0 bridgehead atoms. The van der Waals surface area contributed by atoms with Gasteiger partial charge in [0, 0.05) is 57.8 Å². The Kier molecular flexibility index (Phi) is 5.74. The number of benzene rings is 1. The van der Waals surface area contributed by atoms with Crippen molar-refractivity contribution in [2.75, 3.05) is 49.1 Å². The third kappa shape index (κ3) is 4.26. The Morgan fingerprint density at radius 3 is 1.93 bits per heavy atom. The molecule has 6 heteroatoms. The summed E-state index contributed by atoms with van der Waals surface area (Å²) < 4.78 is 0. The van der Waals surface area contributed by atoms with Gasteiger partial charge < -0.3 is 14.7 Å². The van der Waals surface area contributed by atoms with Crippen LogP contribution in [0, 0.1) is 0 Å². The van der Waals surface area contributed by atoms with Crippen LogP contribution in [0.15, 0.2) is 36.4 Å². The molecule has 0 saturated carbocycles. The maximum Gasteiger partial charge on any atom is 0.219 e. The fraction of sp³-hybridized carbons (Fsp3) is 0.500. The van der Waals surface area contributed by atoms with Gasteiger partial charge in [0.2, 0.25) is 5.91 Å². The number of carbonyl (C=O) groups is 1. The van der Waals surface area contributed by atoms with Crippen molar-refractivity contribution in [1.29, 1.82) is 0 Å². The average Bonchev–Trinajstić information content (AvgIpc) is 3.04. The van der Waals surface area contributed by atoms with Crippen molar-refractivity contribution in [1.82, 2.24) is 14.9 Å². The second kappa shape index (κ2) is 8.59. The summed E-state index contributed by atoms with van der Waals surface area (Å²) in [6.07, 6.45) is 5.04. The summed E-state index contributed by atoms with van der Waals surface area (Å²) in [5, 5.41) is 0. The van der Waals surface area contributed by atoms with Crippen LogP contribution in [0.3, 0.4) is 0 Å². The molecule has 1 aromatic heterocycles. The largest absolute Gasteiger partial charge is 0.356 e. The van der Waals surface area contributed by atoms with E-state index in [4.69, 9.17) is 9.97 Å². The van der Waals surface area contributed by atoms with Gasteiger partial charge in [-0.05, 0) is 12.8 Å². The molecule has 0 aliphatic carbocycles. The van der Waals surface area contributed by atoms with Crippen molar-refractivity contribution < 1.29 is 4.79 Å². The quantitative estimate of drug-likeness (QED) is 0.820. The molecule has 1 aromatic carbocycles. The maximum absolute atomic E-state index is 11.6. The molecule has 0 spiro atoms. The van der Waals surface area contributed by atoms with E-state index in [0.717, 1.165) is 62.3 Å². The van der Waals surface area contributed by atoms with Gasteiger partial charge in [-0.3, -0.25) is 4.79 Å². The molecule has 4 rings (SSSR count). The van der Waals surface area contributed by atoms with Crippen LogP contribution in [0.25, 0.3) is 11.4 Å². The van der Waals surface area contributed by atoms with Crippen LogP contribution in [0.5, 0.6) is 0 Å². The molecule has 6 nitrogen and oxygen atoms in total. The number of carbonyl (C=O) groups excluding carboxylic acids is 1. The van der Waals surface area contributed by atoms with Crippen LogP contribution >= 0.6 is 0 Å². The minimum atomic E-state index is 0.151. The molecule has 2 saturated heterocycles. The fourth-order valence-electron chi connectivity index (χ4n) is 4.01. The molecule has 0 unspecified atom stereocenters. The second-order valence-electron chi connectivity index (χ2n) is 7.67. The van der Waals surface area contributed by atoms with Gasteiger partial charge in [0.15, 0.2) is 5.82 Å². The van der Waals surface area contributed by atoms with E-state index in [9.17, 15) is 4.79 Å². The lowest BCUT2D eigenvalue weighted by Crippen LogP contribution is -2.48. The Bertz CT molecular complexity index is 794. The van der Waals surface area contributed by atoms with Crippen molar-refractivity contribution in [3.8, 4) is 11.4 Å². The van der Waals surface area contributed by atoms with Crippen LogP contribution in [-0.2, 0) is 4.79 Å². The minimum Gasteiger partial charge on any atom is -0.356 e. The van der Waals surface area contributed by atoms with E-state index in [1.54, 1.807) is 6.92 Å². The van der Waals surface area contributed by atoms with E-state index < -0.39 is 0 Å². The van der Waals surface area contributed by atoms with Crippen molar-refractivity contribution in [2.45, 2.75) is 32.6 Å². The first-order chi connectivity index (χ1) is 13.7. The standard InChI is InChI=1S/C22H29N5O/c1-18(28)25-13-15-27(16-14-25)21-17-20(26-11-7-2-3-8-12-26)23-22(24-21)19-9-5-4-6-10-19/h4-6,9-10,17H,2-3,7-8,11-16H2,1H3. The summed E-state index contributed by atoms with van der Waals surface area (Å²) in [4.78, 5) is 28.1. The first kappa shape index (κ1) is 18.7. The molecule has 0 atom stereocenters. The van der Waals surface area contributed by atoms with Gasteiger partial charge in [-0.25, -0.2) is 9.97 Å². The molecule has 1 amide bonds. The van der Waals surface area contributed by atoms with Gasteiger partial charge in [0.05, 0.1) is 0 Å². The number of piperazine rings is 1. The van der Waals surface area contributed by atoms with Gasteiger partial charge in [-0.1, -0.05) is 43.2 Å². The molecule has 148 valence electrons.